The van der Waals surface area contributed by atoms with Gasteiger partial charge in [0.05, 0.1) is 6.10 Å². The Hall–Kier alpha value is -1.61. The molecule has 1 saturated carbocycles. The minimum absolute atomic E-state index is 0.151. The Balaban J connectivity index is 2.27. The fraction of sp³-hybridized carbons (Fsp3) is 0.500. The van der Waals surface area contributed by atoms with Gasteiger partial charge in [0.15, 0.2) is 5.60 Å². The third-order valence-electron chi connectivity index (χ3n) is 4.22. The number of ether oxygens (including phenoxy) is 1. The molecule has 1 aromatic carbocycles. The van der Waals surface area contributed by atoms with E-state index in [0.29, 0.717) is 6.42 Å². The summed E-state index contributed by atoms with van der Waals surface area (Å²) in [6, 6.07) is 10.0. The van der Waals surface area contributed by atoms with Crippen LogP contribution in [0.2, 0.25) is 0 Å². The van der Waals surface area contributed by atoms with Crippen LogP contribution in [0.15, 0.2) is 42.5 Å². The minimum atomic E-state index is -1.46. The maximum Gasteiger partial charge on any atom is 0.339 e. The molecule has 0 spiro atoms. The third-order valence-corrected chi connectivity index (χ3v) is 4.22. The third kappa shape index (κ3) is 3.18. The largest absolute Gasteiger partial charge is 0.461 e. The van der Waals surface area contributed by atoms with Crippen LogP contribution in [0, 0.1) is 5.92 Å². The minimum Gasteiger partial charge on any atom is -0.461 e. The molecule has 3 atom stereocenters. The molecule has 0 amide bonds. The predicted octanol–water partition coefficient (Wildman–Crippen LogP) is 3.44. The summed E-state index contributed by atoms with van der Waals surface area (Å²) in [6.45, 7) is 9.41. The number of carbonyl (C=O) groups excluding carboxylic acids is 1. The van der Waals surface area contributed by atoms with Gasteiger partial charge in [0.2, 0.25) is 0 Å². The molecule has 21 heavy (non-hydrogen) atoms. The SMILES string of the molecule is C=C(C)[C@H]1CC(c2ccccc2)C[C@]1(O)C(=O)OC(C)C. The first-order valence-corrected chi connectivity index (χ1v) is 7.48. The van der Waals surface area contributed by atoms with Gasteiger partial charge in [-0.15, -0.1) is 0 Å². The van der Waals surface area contributed by atoms with Gasteiger partial charge in [0.1, 0.15) is 0 Å². The van der Waals surface area contributed by atoms with Crippen LogP contribution in [0.25, 0.3) is 0 Å². The Morgan fingerprint density at radius 1 is 1.38 bits per heavy atom. The zero-order valence-electron chi connectivity index (χ0n) is 13.0. The van der Waals surface area contributed by atoms with Crippen LogP contribution in [-0.4, -0.2) is 22.8 Å². The van der Waals surface area contributed by atoms with Crippen molar-refractivity contribution in [2.45, 2.75) is 51.2 Å². The van der Waals surface area contributed by atoms with E-state index in [1.54, 1.807) is 13.8 Å². The van der Waals surface area contributed by atoms with Crippen LogP contribution < -0.4 is 0 Å². The molecular weight excluding hydrogens is 264 g/mol. The lowest BCUT2D eigenvalue weighted by Gasteiger charge is -2.29. The number of benzene rings is 1. The van der Waals surface area contributed by atoms with Gasteiger partial charge in [0, 0.05) is 5.92 Å². The summed E-state index contributed by atoms with van der Waals surface area (Å²) in [6.07, 6.45) is 0.881. The summed E-state index contributed by atoms with van der Waals surface area (Å²) in [5.41, 5.74) is 0.519. The topological polar surface area (TPSA) is 46.5 Å². The van der Waals surface area contributed by atoms with Gasteiger partial charge < -0.3 is 9.84 Å². The molecule has 2 rings (SSSR count). The molecule has 1 aliphatic rings. The second-order valence-electron chi connectivity index (χ2n) is 6.32. The van der Waals surface area contributed by atoms with E-state index in [4.69, 9.17) is 4.74 Å². The lowest BCUT2D eigenvalue weighted by Crippen LogP contribution is -2.44. The number of hydrogen-bond acceptors (Lipinski definition) is 3. The fourth-order valence-electron chi connectivity index (χ4n) is 3.21. The van der Waals surface area contributed by atoms with Crippen molar-refractivity contribution in [3.8, 4) is 0 Å². The fourth-order valence-corrected chi connectivity index (χ4v) is 3.21. The first kappa shape index (κ1) is 15.8. The van der Waals surface area contributed by atoms with Gasteiger partial charge in [-0.3, -0.25) is 0 Å². The van der Waals surface area contributed by atoms with Gasteiger partial charge in [-0.2, -0.15) is 0 Å². The zero-order chi connectivity index (χ0) is 15.6. The van der Waals surface area contributed by atoms with E-state index < -0.39 is 11.6 Å². The van der Waals surface area contributed by atoms with E-state index >= 15 is 0 Å². The molecule has 0 aliphatic heterocycles. The molecule has 1 aromatic rings. The molecule has 1 aliphatic carbocycles. The monoisotopic (exact) mass is 288 g/mol. The van der Waals surface area contributed by atoms with E-state index in [9.17, 15) is 9.90 Å². The number of aliphatic hydroxyl groups is 1. The molecular formula is C18H24O3. The molecule has 114 valence electrons. The summed E-state index contributed by atoms with van der Waals surface area (Å²) in [4.78, 5) is 12.4. The molecule has 1 unspecified atom stereocenters. The van der Waals surface area contributed by atoms with Gasteiger partial charge >= 0.3 is 5.97 Å². The second kappa shape index (κ2) is 6.02. The summed E-state index contributed by atoms with van der Waals surface area (Å²) in [5, 5.41) is 10.9. The Bertz CT molecular complexity index is 521. The van der Waals surface area contributed by atoms with Crippen molar-refractivity contribution < 1.29 is 14.6 Å². The highest BCUT2D eigenvalue weighted by Crippen LogP contribution is 2.48. The maximum absolute atomic E-state index is 12.4. The highest BCUT2D eigenvalue weighted by Gasteiger charge is 2.53. The smallest absolute Gasteiger partial charge is 0.339 e. The van der Waals surface area contributed by atoms with Gasteiger partial charge in [-0.1, -0.05) is 42.5 Å². The average Bonchev–Trinajstić information content (AvgIpc) is 2.79. The normalized spacial score (nSPS) is 28.6. The van der Waals surface area contributed by atoms with Gasteiger partial charge in [0.25, 0.3) is 0 Å². The van der Waals surface area contributed by atoms with E-state index in [1.165, 1.54) is 0 Å². The van der Waals surface area contributed by atoms with Crippen molar-refractivity contribution in [1.29, 1.82) is 0 Å². The van der Waals surface area contributed by atoms with E-state index in [0.717, 1.165) is 17.6 Å². The number of esters is 1. The van der Waals surface area contributed by atoms with Crippen molar-refractivity contribution in [2.75, 3.05) is 0 Å². The number of rotatable bonds is 4. The molecule has 1 N–H and O–H groups in total. The lowest BCUT2D eigenvalue weighted by atomic mass is 9.86. The van der Waals surface area contributed by atoms with Crippen molar-refractivity contribution in [2.24, 2.45) is 5.92 Å². The predicted molar refractivity (Wildman–Crippen MR) is 82.9 cm³/mol. The lowest BCUT2D eigenvalue weighted by molar-refractivity contribution is -0.172. The highest BCUT2D eigenvalue weighted by molar-refractivity contribution is 5.81. The van der Waals surface area contributed by atoms with E-state index in [1.807, 2.05) is 37.3 Å². The quantitative estimate of drug-likeness (QED) is 0.682. The highest BCUT2D eigenvalue weighted by atomic mass is 16.6. The first-order valence-electron chi connectivity index (χ1n) is 7.48. The van der Waals surface area contributed by atoms with E-state index in [-0.39, 0.29) is 17.9 Å². The molecule has 3 nitrogen and oxygen atoms in total. The van der Waals surface area contributed by atoms with Crippen molar-refractivity contribution in [3.05, 3.63) is 48.0 Å². The Kier molecular flexibility index (Phi) is 4.52. The summed E-state index contributed by atoms with van der Waals surface area (Å²) in [7, 11) is 0. The van der Waals surface area contributed by atoms with Crippen molar-refractivity contribution >= 4 is 5.97 Å². The van der Waals surface area contributed by atoms with Crippen LogP contribution in [0.1, 0.15) is 45.1 Å². The Labute approximate surface area is 126 Å². The van der Waals surface area contributed by atoms with Crippen LogP contribution >= 0.6 is 0 Å². The average molecular weight is 288 g/mol. The molecule has 0 radical (unpaired) electrons. The van der Waals surface area contributed by atoms with Gasteiger partial charge in [-0.25, -0.2) is 4.79 Å². The molecule has 0 heterocycles. The second-order valence-corrected chi connectivity index (χ2v) is 6.32. The summed E-state index contributed by atoms with van der Waals surface area (Å²) < 4.78 is 5.27. The van der Waals surface area contributed by atoms with E-state index in [2.05, 4.69) is 6.58 Å². The van der Waals surface area contributed by atoms with Crippen LogP contribution in [0.5, 0.6) is 0 Å². The molecule has 3 heteroatoms. The van der Waals surface area contributed by atoms with Gasteiger partial charge in [-0.05, 0) is 45.1 Å². The number of carbonyl (C=O) groups is 1. The van der Waals surface area contributed by atoms with Crippen molar-refractivity contribution in [1.82, 2.24) is 0 Å². The summed E-state index contributed by atoms with van der Waals surface area (Å²) in [5.74, 6) is -0.629. The standard InChI is InChI=1S/C18H24O3/c1-12(2)16-10-15(14-8-6-5-7-9-14)11-18(16,20)17(19)21-13(3)4/h5-9,13,15-16,20H,1,10-11H2,2-4H3/t15?,16-,18-/m1/s1. The molecule has 0 bridgehead atoms. The Morgan fingerprint density at radius 3 is 2.52 bits per heavy atom. The van der Waals surface area contributed by atoms with Crippen LogP contribution in [0.3, 0.4) is 0 Å². The molecule has 1 fully saturated rings. The van der Waals surface area contributed by atoms with Crippen LogP contribution in [0.4, 0.5) is 0 Å². The first-order chi connectivity index (χ1) is 9.84. The van der Waals surface area contributed by atoms with Crippen LogP contribution in [-0.2, 0) is 9.53 Å². The summed E-state index contributed by atoms with van der Waals surface area (Å²) >= 11 is 0. The zero-order valence-corrected chi connectivity index (χ0v) is 13.0. The molecule has 0 saturated heterocycles. The maximum atomic E-state index is 12.4. The number of hydrogen-bond donors (Lipinski definition) is 1. The molecule has 0 aromatic heterocycles. The Morgan fingerprint density at radius 2 is 2.00 bits per heavy atom. The van der Waals surface area contributed by atoms with Crippen molar-refractivity contribution in [3.63, 3.8) is 0 Å².